The van der Waals surface area contributed by atoms with Gasteiger partial charge in [-0.25, -0.2) is 8.42 Å². The molecule has 2 atom stereocenters. The lowest BCUT2D eigenvalue weighted by atomic mass is 10.0. The van der Waals surface area contributed by atoms with E-state index in [2.05, 4.69) is 5.32 Å². The summed E-state index contributed by atoms with van der Waals surface area (Å²) in [5, 5.41) is 3.39. The quantitative estimate of drug-likeness (QED) is 0.783. The molecule has 2 unspecified atom stereocenters. The molecule has 1 aliphatic heterocycles. The Morgan fingerprint density at radius 2 is 2.05 bits per heavy atom. The van der Waals surface area contributed by atoms with Crippen LogP contribution in [0.3, 0.4) is 0 Å². The first-order valence-corrected chi connectivity index (χ1v) is 8.98. The topological polar surface area (TPSA) is 72.2 Å². The minimum atomic E-state index is -2.84. The lowest BCUT2D eigenvalue weighted by Gasteiger charge is -2.24. The molecule has 1 aliphatic rings. The summed E-state index contributed by atoms with van der Waals surface area (Å²) in [6, 6.07) is 10.1. The Kier molecular flexibility index (Phi) is 4.83. The molecule has 0 bridgehead atoms. The van der Waals surface area contributed by atoms with Crippen LogP contribution in [0.4, 0.5) is 0 Å². The molecule has 0 aliphatic carbocycles. The molecule has 20 heavy (non-hydrogen) atoms. The van der Waals surface area contributed by atoms with Gasteiger partial charge in [-0.2, -0.15) is 0 Å². The van der Waals surface area contributed by atoms with Crippen molar-refractivity contribution in [1.82, 2.24) is 5.32 Å². The van der Waals surface area contributed by atoms with Gasteiger partial charge in [-0.05, 0) is 38.3 Å². The average Bonchev–Trinajstić information content (AvgIpc) is 2.70. The van der Waals surface area contributed by atoms with Gasteiger partial charge in [-0.1, -0.05) is 30.3 Å². The Bertz CT molecular complexity index is 530. The summed E-state index contributed by atoms with van der Waals surface area (Å²) in [5.41, 5.74) is 7.04. The lowest BCUT2D eigenvalue weighted by molar-refractivity contribution is 0.388. The predicted octanol–water partition coefficient (Wildman–Crippen LogP) is 1.63. The highest BCUT2D eigenvalue weighted by molar-refractivity contribution is 7.91. The number of nitrogens with two attached hydrogens (primary N) is 1. The number of hydrogen-bond donors (Lipinski definition) is 2. The van der Waals surface area contributed by atoms with E-state index in [1.165, 1.54) is 0 Å². The highest BCUT2D eigenvalue weighted by Crippen LogP contribution is 2.23. The maximum Gasteiger partial charge on any atom is 0.152 e. The van der Waals surface area contributed by atoms with Crippen LogP contribution in [-0.4, -0.2) is 32.0 Å². The van der Waals surface area contributed by atoms with E-state index in [4.69, 9.17) is 5.73 Å². The number of rotatable bonds is 6. The van der Waals surface area contributed by atoms with Crippen LogP contribution in [0.2, 0.25) is 0 Å². The summed E-state index contributed by atoms with van der Waals surface area (Å²) in [6.45, 7) is 2.81. The highest BCUT2D eigenvalue weighted by atomic mass is 32.2. The molecule has 5 heteroatoms. The van der Waals surface area contributed by atoms with E-state index in [1.807, 2.05) is 37.3 Å². The molecule has 0 spiro atoms. The number of nitrogens with one attached hydrogen (secondary N) is 1. The van der Waals surface area contributed by atoms with Gasteiger partial charge in [-0.15, -0.1) is 0 Å². The first kappa shape index (κ1) is 15.5. The Morgan fingerprint density at radius 1 is 1.35 bits per heavy atom. The van der Waals surface area contributed by atoms with Crippen molar-refractivity contribution >= 4 is 9.84 Å². The van der Waals surface area contributed by atoms with Crippen molar-refractivity contribution in [1.29, 1.82) is 0 Å². The standard InChI is InChI=1S/C15H24N2O2S/c1-15(9-11-20(18,19)12-15)17-10-5-8-14(16)13-6-3-2-4-7-13/h2-4,6-7,14,17H,5,8-12,16H2,1H3. The van der Waals surface area contributed by atoms with Crippen LogP contribution in [0.5, 0.6) is 0 Å². The largest absolute Gasteiger partial charge is 0.324 e. The number of hydrogen-bond acceptors (Lipinski definition) is 4. The van der Waals surface area contributed by atoms with Crippen LogP contribution in [0.1, 0.15) is 37.8 Å². The molecule has 0 aromatic heterocycles. The zero-order valence-corrected chi connectivity index (χ0v) is 12.8. The predicted molar refractivity (Wildman–Crippen MR) is 82.3 cm³/mol. The molecule has 1 fully saturated rings. The SMILES string of the molecule is CC1(NCCCC(N)c2ccccc2)CCS(=O)(=O)C1. The second-order valence-corrected chi connectivity index (χ2v) is 8.17. The van der Waals surface area contributed by atoms with Crippen LogP contribution >= 0.6 is 0 Å². The zero-order chi connectivity index (χ0) is 14.6. The summed E-state index contributed by atoms with van der Waals surface area (Å²) in [7, 11) is -2.84. The summed E-state index contributed by atoms with van der Waals surface area (Å²) in [5.74, 6) is 0.560. The van der Waals surface area contributed by atoms with Gasteiger partial charge in [0.25, 0.3) is 0 Å². The van der Waals surface area contributed by atoms with Gasteiger partial charge in [0, 0.05) is 11.6 Å². The molecular formula is C15H24N2O2S. The van der Waals surface area contributed by atoms with E-state index in [1.54, 1.807) is 0 Å². The minimum Gasteiger partial charge on any atom is -0.324 e. The van der Waals surface area contributed by atoms with Crippen molar-refractivity contribution in [3.63, 3.8) is 0 Å². The molecule has 1 heterocycles. The van der Waals surface area contributed by atoms with Gasteiger partial charge in [0.15, 0.2) is 9.84 Å². The van der Waals surface area contributed by atoms with Crippen LogP contribution in [0, 0.1) is 0 Å². The summed E-state index contributed by atoms with van der Waals surface area (Å²) < 4.78 is 23.0. The molecule has 1 saturated heterocycles. The van der Waals surface area contributed by atoms with Gasteiger partial charge in [0.2, 0.25) is 0 Å². The van der Waals surface area contributed by atoms with Crippen LogP contribution in [-0.2, 0) is 9.84 Å². The lowest BCUT2D eigenvalue weighted by Crippen LogP contribution is -2.43. The molecule has 3 N–H and O–H groups in total. The fourth-order valence-electron chi connectivity index (χ4n) is 2.73. The van der Waals surface area contributed by atoms with Crippen molar-refractivity contribution in [2.24, 2.45) is 5.73 Å². The van der Waals surface area contributed by atoms with Crippen LogP contribution < -0.4 is 11.1 Å². The van der Waals surface area contributed by atoms with Gasteiger partial charge >= 0.3 is 0 Å². The van der Waals surface area contributed by atoms with E-state index in [0.717, 1.165) is 24.9 Å². The monoisotopic (exact) mass is 296 g/mol. The van der Waals surface area contributed by atoms with Crippen molar-refractivity contribution < 1.29 is 8.42 Å². The van der Waals surface area contributed by atoms with Gasteiger partial charge in [0.1, 0.15) is 0 Å². The van der Waals surface area contributed by atoms with Gasteiger partial charge in [0.05, 0.1) is 11.5 Å². The smallest absolute Gasteiger partial charge is 0.152 e. The second-order valence-electron chi connectivity index (χ2n) is 5.99. The highest BCUT2D eigenvalue weighted by Gasteiger charge is 2.37. The molecule has 4 nitrogen and oxygen atoms in total. The Hall–Kier alpha value is -0.910. The molecular weight excluding hydrogens is 272 g/mol. The van der Waals surface area contributed by atoms with Gasteiger partial charge in [-0.3, -0.25) is 0 Å². The maximum atomic E-state index is 11.5. The summed E-state index contributed by atoms with van der Waals surface area (Å²) >= 11 is 0. The van der Waals surface area contributed by atoms with Crippen molar-refractivity contribution in [2.75, 3.05) is 18.1 Å². The fourth-order valence-corrected chi connectivity index (χ4v) is 4.85. The number of benzene rings is 1. The summed E-state index contributed by atoms with van der Waals surface area (Å²) in [6.07, 6.45) is 2.56. The molecule has 0 saturated carbocycles. The normalized spacial score (nSPS) is 26.5. The average molecular weight is 296 g/mol. The Labute approximate surface area is 121 Å². The van der Waals surface area contributed by atoms with Gasteiger partial charge < -0.3 is 11.1 Å². The Morgan fingerprint density at radius 3 is 2.65 bits per heavy atom. The molecule has 112 valence electrons. The number of sulfone groups is 1. The van der Waals surface area contributed by atoms with Crippen molar-refractivity contribution in [3.05, 3.63) is 35.9 Å². The molecule has 2 rings (SSSR count). The third-order valence-electron chi connectivity index (χ3n) is 3.97. The fraction of sp³-hybridized carbons (Fsp3) is 0.600. The molecule has 1 aromatic rings. The molecule has 1 aromatic carbocycles. The first-order valence-electron chi connectivity index (χ1n) is 7.16. The maximum absolute atomic E-state index is 11.5. The third kappa shape index (κ3) is 4.30. The molecule has 0 radical (unpaired) electrons. The van der Waals surface area contributed by atoms with E-state index in [-0.39, 0.29) is 17.3 Å². The first-order chi connectivity index (χ1) is 9.40. The van der Waals surface area contributed by atoms with E-state index < -0.39 is 9.84 Å². The van der Waals surface area contributed by atoms with Crippen LogP contribution in [0.25, 0.3) is 0 Å². The van der Waals surface area contributed by atoms with E-state index in [0.29, 0.717) is 12.2 Å². The second kappa shape index (κ2) is 6.24. The van der Waals surface area contributed by atoms with E-state index in [9.17, 15) is 8.42 Å². The summed E-state index contributed by atoms with van der Waals surface area (Å²) in [4.78, 5) is 0. The third-order valence-corrected chi connectivity index (χ3v) is 5.88. The van der Waals surface area contributed by atoms with Crippen molar-refractivity contribution in [2.45, 2.75) is 37.8 Å². The minimum absolute atomic E-state index is 0.0538. The van der Waals surface area contributed by atoms with Crippen LogP contribution in [0.15, 0.2) is 30.3 Å². The van der Waals surface area contributed by atoms with Crippen molar-refractivity contribution in [3.8, 4) is 0 Å². The Balaban J connectivity index is 1.72. The zero-order valence-electron chi connectivity index (χ0n) is 12.0. The molecule has 0 amide bonds. The van der Waals surface area contributed by atoms with E-state index >= 15 is 0 Å².